The second-order valence-electron chi connectivity index (χ2n) is 3.53. The number of ether oxygens (including phenoxy) is 1. The van der Waals surface area contributed by atoms with Gasteiger partial charge in [0.25, 0.3) is 0 Å². The molecule has 2 aromatic rings. The minimum absolute atomic E-state index is 0.0307. The van der Waals surface area contributed by atoms with Gasteiger partial charge in [-0.2, -0.15) is 0 Å². The Morgan fingerprint density at radius 1 is 1.06 bits per heavy atom. The average molecular weight is 271 g/mol. The van der Waals surface area contributed by atoms with Crippen molar-refractivity contribution in [2.75, 3.05) is 0 Å². The maximum atomic E-state index is 13.6. The summed E-state index contributed by atoms with van der Waals surface area (Å²) >= 11 is 5.61. The summed E-state index contributed by atoms with van der Waals surface area (Å²) in [6, 6.07) is 8.29. The summed E-state index contributed by atoms with van der Waals surface area (Å²) in [5, 5.41) is 8.97. The minimum atomic E-state index is -0.729. The lowest BCUT2D eigenvalue weighted by atomic mass is 10.2. The van der Waals surface area contributed by atoms with Crippen molar-refractivity contribution in [3.63, 3.8) is 0 Å². The fraction of sp³-hybridized carbons (Fsp3) is 0.0769. The fourth-order valence-electron chi connectivity index (χ4n) is 1.47. The molecule has 2 aromatic carbocycles. The Labute approximate surface area is 107 Å². The van der Waals surface area contributed by atoms with E-state index >= 15 is 0 Å². The van der Waals surface area contributed by atoms with E-state index in [4.69, 9.17) is 21.4 Å². The molecule has 0 aliphatic heterocycles. The van der Waals surface area contributed by atoms with Gasteiger partial charge in [-0.1, -0.05) is 23.7 Å². The molecule has 0 saturated carbocycles. The first kappa shape index (κ1) is 12.8. The van der Waals surface area contributed by atoms with Crippen LogP contribution in [-0.2, 0) is 6.61 Å². The molecule has 0 heterocycles. The van der Waals surface area contributed by atoms with Crippen molar-refractivity contribution in [2.24, 2.45) is 0 Å². The predicted octanol–water partition coefficient (Wildman–Crippen LogP) is 3.90. The summed E-state index contributed by atoms with van der Waals surface area (Å²) in [4.78, 5) is 0. The SMILES string of the molecule is OCc1c(F)cccc1Oc1cccc(Cl)c1F. The molecule has 0 amide bonds. The Kier molecular flexibility index (Phi) is 3.79. The third-order valence-electron chi connectivity index (χ3n) is 2.37. The van der Waals surface area contributed by atoms with Gasteiger partial charge in [0.2, 0.25) is 0 Å². The van der Waals surface area contributed by atoms with Gasteiger partial charge in [0.05, 0.1) is 17.2 Å². The number of halogens is 3. The van der Waals surface area contributed by atoms with Gasteiger partial charge < -0.3 is 9.84 Å². The largest absolute Gasteiger partial charge is 0.454 e. The van der Waals surface area contributed by atoms with Crippen LogP contribution in [0.4, 0.5) is 8.78 Å². The van der Waals surface area contributed by atoms with Crippen molar-refractivity contribution in [1.82, 2.24) is 0 Å². The molecule has 94 valence electrons. The molecule has 0 fully saturated rings. The van der Waals surface area contributed by atoms with Crippen LogP contribution in [0, 0.1) is 11.6 Å². The van der Waals surface area contributed by atoms with E-state index in [1.54, 1.807) is 0 Å². The number of hydrogen-bond donors (Lipinski definition) is 1. The predicted molar refractivity (Wildman–Crippen MR) is 63.8 cm³/mol. The first-order valence-electron chi connectivity index (χ1n) is 5.13. The Hall–Kier alpha value is -1.65. The lowest BCUT2D eigenvalue weighted by molar-refractivity contribution is 0.269. The third kappa shape index (κ3) is 2.44. The van der Waals surface area contributed by atoms with E-state index in [-0.39, 0.29) is 22.1 Å². The van der Waals surface area contributed by atoms with Crippen LogP contribution in [-0.4, -0.2) is 5.11 Å². The Balaban J connectivity index is 2.40. The summed E-state index contributed by atoms with van der Waals surface area (Å²) in [7, 11) is 0. The molecule has 0 spiro atoms. The highest BCUT2D eigenvalue weighted by molar-refractivity contribution is 6.30. The van der Waals surface area contributed by atoms with Crippen LogP contribution in [0.1, 0.15) is 5.56 Å². The molecule has 0 aromatic heterocycles. The zero-order chi connectivity index (χ0) is 13.1. The quantitative estimate of drug-likeness (QED) is 0.916. The van der Waals surface area contributed by atoms with E-state index in [2.05, 4.69) is 0 Å². The molecule has 0 aliphatic rings. The molecule has 18 heavy (non-hydrogen) atoms. The van der Waals surface area contributed by atoms with E-state index in [0.717, 1.165) is 0 Å². The highest BCUT2D eigenvalue weighted by atomic mass is 35.5. The molecular weight excluding hydrogens is 262 g/mol. The molecule has 5 heteroatoms. The van der Waals surface area contributed by atoms with Crippen molar-refractivity contribution in [2.45, 2.75) is 6.61 Å². The van der Waals surface area contributed by atoms with Gasteiger partial charge in [-0.25, -0.2) is 8.78 Å². The lowest BCUT2D eigenvalue weighted by Gasteiger charge is -2.11. The standard InChI is InChI=1S/C13H9ClF2O2/c14-9-3-1-6-12(13(9)16)18-11-5-2-4-10(15)8(11)7-17/h1-6,17H,7H2. The Morgan fingerprint density at radius 3 is 2.44 bits per heavy atom. The first-order chi connectivity index (χ1) is 8.63. The van der Waals surface area contributed by atoms with Crippen LogP contribution >= 0.6 is 11.6 Å². The monoisotopic (exact) mass is 270 g/mol. The van der Waals surface area contributed by atoms with Crippen molar-refractivity contribution < 1.29 is 18.6 Å². The van der Waals surface area contributed by atoms with Crippen LogP contribution in [0.2, 0.25) is 5.02 Å². The average Bonchev–Trinajstić information content (AvgIpc) is 2.35. The minimum Gasteiger partial charge on any atom is -0.454 e. The Bertz CT molecular complexity index is 573. The molecule has 0 unspecified atom stereocenters. The maximum Gasteiger partial charge on any atom is 0.184 e. The fourth-order valence-corrected chi connectivity index (χ4v) is 1.64. The summed E-state index contributed by atoms with van der Waals surface area (Å²) in [6.07, 6.45) is 0. The van der Waals surface area contributed by atoms with Gasteiger partial charge in [-0.05, 0) is 24.3 Å². The van der Waals surface area contributed by atoms with Crippen LogP contribution in [0.15, 0.2) is 36.4 Å². The van der Waals surface area contributed by atoms with Crippen LogP contribution in [0.25, 0.3) is 0 Å². The molecule has 0 atom stereocenters. The maximum absolute atomic E-state index is 13.6. The zero-order valence-electron chi connectivity index (χ0n) is 9.16. The van der Waals surface area contributed by atoms with E-state index in [1.807, 2.05) is 0 Å². The number of rotatable bonds is 3. The summed E-state index contributed by atoms with van der Waals surface area (Å²) < 4.78 is 32.2. The van der Waals surface area contributed by atoms with Gasteiger partial charge in [-0.15, -0.1) is 0 Å². The van der Waals surface area contributed by atoms with Crippen LogP contribution in [0.3, 0.4) is 0 Å². The summed E-state index contributed by atoms with van der Waals surface area (Å²) in [6.45, 7) is -0.538. The first-order valence-corrected chi connectivity index (χ1v) is 5.51. The third-order valence-corrected chi connectivity index (χ3v) is 2.66. The van der Waals surface area contributed by atoms with Gasteiger partial charge in [0, 0.05) is 0 Å². The Morgan fingerprint density at radius 2 is 1.72 bits per heavy atom. The molecule has 0 aliphatic carbocycles. The number of benzene rings is 2. The zero-order valence-corrected chi connectivity index (χ0v) is 9.92. The van der Waals surface area contributed by atoms with Gasteiger partial charge in [-0.3, -0.25) is 0 Å². The highest BCUT2D eigenvalue weighted by Crippen LogP contribution is 2.31. The van der Waals surface area contributed by atoms with E-state index in [9.17, 15) is 8.78 Å². The van der Waals surface area contributed by atoms with Gasteiger partial charge in [0.15, 0.2) is 11.6 Å². The molecular formula is C13H9ClF2O2. The smallest absolute Gasteiger partial charge is 0.184 e. The number of aliphatic hydroxyl groups excluding tert-OH is 1. The van der Waals surface area contributed by atoms with E-state index in [0.29, 0.717) is 0 Å². The van der Waals surface area contributed by atoms with Crippen LogP contribution in [0.5, 0.6) is 11.5 Å². The van der Waals surface area contributed by atoms with Gasteiger partial charge >= 0.3 is 0 Å². The van der Waals surface area contributed by atoms with E-state index in [1.165, 1.54) is 36.4 Å². The van der Waals surface area contributed by atoms with Crippen molar-refractivity contribution in [3.05, 3.63) is 58.6 Å². The van der Waals surface area contributed by atoms with Crippen molar-refractivity contribution in [3.8, 4) is 11.5 Å². The molecule has 2 rings (SSSR count). The second-order valence-corrected chi connectivity index (χ2v) is 3.94. The number of aliphatic hydroxyl groups is 1. The molecule has 2 nitrogen and oxygen atoms in total. The number of hydrogen-bond acceptors (Lipinski definition) is 2. The second kappa shape index (κ2) is 5.33. The normalized spacial score (nSPS) is 10.4. The molecule has 1 N–H and O–H groups in total. The molecule has 0 saturated heterocycles. The van der Waals surface area contributed by atoms with Crippen molar-refractivity contribution in [1.29, 1.82) is 0 Å². The summed E-state index contributed by atoms with van der Waals surface area (Å²) in [5.41, 5.74) is -0.0307. The van der Waals surface area contributed by atoms with Crippen LogP contribution < -0.4 is 4.74 Å². The highest BCUT2D eigenvalue weighted by Gasteiger charge is 2.13. The van der Waals surface area contributed by atoms with E-state index < -0.39 is 18.2 Å². The topological polar surface area (TPSA) is 29.5 Å². The lowest BCUT2D eigenvalue weighted by Crippen LogP contribution is -1.96. The molecule has 0 bridgehead atoms. The summed E-state index contributed by atoms with van der Waals surface area (Å²) in [5.74, 6) is -1.41. The van der Waals surface area contributed by atoms with Crippen molar-refractivity contribution >= 4 is 11.6 Å². The molecule has 0 radical (unpaired) electrons. The van der Waals surface area contributed by atoms with Gasteiger partial charge in [0.1, 0.15) is 11.6 Å².